The van der Waals surface area contributed by atoms with E-state index in [2.05, 4.69) is 36.3 Å². The van der Waals surface area contributed by atoms with Crippen molar-refractivity contribution in [2.45, 2.75) is 32.7 Å². The van der Waals surface area contributed by atoms with Gasteiger partial charge in [-0.2, -0.15) is 5.10 Å². The van der Waals surface area contributed by atoms with Gasteiger partial charge in [0.25, 0.3) is 5.91 Å². The highest BCUT2D eigenvalue weighted by Gasteiger charge is 2.13. The van der Waals surface area contributed by atoms with Crippen molar-refractivity contribution >= 4 is 11.7 Å². The van der Waals surface area contributed by atoms with Crippen molar-refractivity contribution in [2.24, 2.45) is 0 Å². The number of nitrogens with zero attached hydrogens (tertiary/aromatic N) is 2. The van der Waals surface area contributed by atoms with Crippen LogP contribution in [0.5, 0.6) is 5.75 Å². The molecule has 0 fully saturated rings. The van der Waals surface area contributed by atoms with Crippen molar-refractivity contribution in [3.8, 4) is 5.75 Å². The molecule has 130 valence electrons. The first-order valence-electron chi connectivity index (χ1n) is 7.96. The number of hydrogen-bond acceptors (Lipinski definition) is 4. The highest BCUT2D eigenvalue weighted by Crippen LogP contribution is 2.24. The molecular weight excluding hydrogens is 304 g/mol. The molecule has 2 N–H and O–H groups in total. The van der Waals surface area contributed by atoms with E-state index in [1.807, 2.05) is 49.3 Å². The number of aromatic nitrogens is 2. The van der Waals surface area contributed by atoms with Gasteiger partial charge in [0.2, 0.25) is 0 Å². The van der Waals surface area contributed by atoms with Gasteiger partial charge in [0, 0.05) is 12.6 Å². The van der Waals surface area contributed by atoms with Crippen molar-refractivity contribution in [1.29, 1.82) is 0 Å². The highest BCUT2D eigenvalue weighted by molar-refractivity contribution is 5.90. The lowest BCUT2D eigenvalue weighted by Crippen LogP contribution is -2.20. The van der Waals surface area contributed by atoms with Gasteiger partial charge in [-0.05, 0) is 37.2 Å². The van der Waals surface area contributed by atoms with Crippen LogP contribution in [-0.2, 0) is 16.8 Å². The molecule has 0 radical (unpaired) electrons. The molecule has 0 unspecified atom stereocenters. The third-order valence-corrected chi connectivity index (χ3v) is 3.48. The minimum atomic E-state index is -0.238. The van der Waals surface area contributed by atoms with Crippen LogP contribution in [0.25, 0.3) is 0 Å². The third-order valence-electron chi connectivity index (χ3n) is 3.48. The summed E-state index contributed by atoms with van der Waals surface area (Å²) in [6, 6.07) is 9.63. The molecule has 2 aromatic rings. The Hall–Kier alpha value is -2.34. The van der Waals surface area contributed by atoms with Gasteiger partial charge in [0.05, 0.1) is 5.69 Å². The van der Waals surface area contributed by atoms with Crippen molar-refractivity contribution in [3.63, 3.8) is 0 Å². The number of anilines is 1. The molecule has 6 heteroatoms. The number of carbonyl (C=O) groups excluding carboxylic acids is 1. The zero-order valence-electron chi connectivity index (χ0n) is 15.0. The fourth-order valence-electron chi connectivity index (χ4n) is 2.23. The standard InChI is InChI=1S/C18H26N4O2/c1-18(2,3)13-6-8-15(9-7-13)24-12-17(23)19-16-10-14(20-21-16)11-22(4)5/h6-10H,11-12H2,1-5H3,(H2,19,20,21,23). The van der Waals surface area contributed by atoms with Gasteiger partial charge in [0.15, 0.2) is 12.4 Å². The summed E-state index contributed by atoms with van der Waals surface area (Å²) in [5.41, 5.74) is 2.26. The Bertz CT molecular complexity index is 669. The molecule has 0 saturated carbocycles. The Morgan fingerprint density at radius 3 is 2.50 bits per heavy atom. The first-order chi connectivity index (χ1) is 11.2. The van der Waals surface area contributed by atoms with Gasteiger partial charge < -0.3 is 15.0 Å². The van der Waals surface area contributed by atoms with Crippen LogP contribution in [0.15, 0.2) is 30.3 Å². The minimum absolute atomic E-state index is 0.0509. The van der Waals surface area contributed by atoms with E-state index in [1.54, 1.807) is 0 Å². The fourth-order valence-corrected chi connectivity index (χ4v) is 2.23. The van der Waals surface area contributed by atoms with Crippen LogP contribution in [0.1, 0.15) is 32.0 Å². The average molecular weight is 330 g/mol. The van der Waals surface area contributed by atoms with E-state index in [-0.39, 0.29) is 17.9 Å². The van der Waals surface area contributed by atoms with E-state index < -0.39 is 0 Å². The molecule has 0 aliphatic carbocycles. The minimum Gasteiger partial charge on any atom is -0.484 e. The number of ether oxygens (including phenoxy) is 1. The van der Waals surface area contributed by atoms with E-state index in [1.165, 1.54) is 5.56 Å². The number of amides is 1. The second kappa shape index (κ2) is 7.49. The maximum Gasteiger partial charge on any atom is 0.263 e. The monoisotopic (exact) mass is 330 g/mol. The number of benzene rings is 1. The van der Waals surface area contributed by atoms with Crippen LogP contribution in [0.2, 0.25) is 0 Å². The Morgan fingerprint density at radius 2 is 1.92 bits per heavy atom. The van der Waals surface area contributed by atoms with Crippen LogP contribution in [0.3, 0.4) is 0 Å². The van der Waals surface area contributed by atoms with Crippen molar-refractivity contribution in [3.05, 3.63) is 41.6 Å². The van der Waals surface area contributed by atoms with E-state index in [9.17, 15) is 4.79 Å². The second-order valence-corrected chi connectivity index (χ2v) is 7.13. The number of hydrogen-bond donors (Lipinski definition) is 2. The predicted octanol–water partition coefficient (Wildman–Crippen LogP) is 2.79. The molecule has 0 atom stereocenters. The van der Waals surface area contributed by atoms with Crippen LogP contribution >= 0.6 is 0 Å². The molecule has 1 heterocycles. The first kappa shape index (κ1) is 18.0. The molecule has 0 aliphatic heterocycles. The summed E-state index contributed by atoms with van der Waals surface area (Å²) in [5.74, 6) is 0.940. The maximum absolute atomic E-state index is 11.9. The van der Waals surface area contributed by atoms with Crippen molar-refractivity contribution in [1.82, 2.24) is 15.1 Å². The summed E-state index contributed by atoms with van der Waals surface area (Å²) in [5, 5.41) is 9.67. The highest BCUT2D eigenvalue weighted by atomic mass is 16.5. The molecule has 0 aliphatic rings. The lowest BCUT2D eigenvalue weighted by molar-refractivity contribution is -0.118. The molecule has 0 saturated heterocycles. The molecule has 1 aromatic carbocycles. The van der Waals surface area contributed by atoms with Gasteiger partial charge in [-0.15, -0.1) is 0 Å². The van der Waals surface area contributed by atoms with Crippen LogP contribution < -0.4 is 10.1 Å². The van der Waals surface area contributed by atoms with E-state index >= 15 is 0 Å². The molecule has 6 nitrogen and oxygen atoms in total. The number of aromatic amines is 1. The summed E-state index contributed by atoms with van der Waals surface area (Å²) in [6.07, 6.45) is 0. The Kier molecular flexibility index (Phi) is 5.62. The van der Waals surface area contributed by atoms with Gasteiger partial charge in [-0.3, -0.25) is 9.89 Å². The zero-order valence-corrected chi connectivity index (χ0v) is 15.0. The normalized spacial score (nSPS) is 11.6. The van der Waals surface area contributed by atoms with E-state index in [4.69, 9.17) is 4.74 Å². The first-order valence-corrected chi connectivity index (χ1v) is 7.96. The summed E-state index contributed by atoms with van der Waals surface area (Å²) in [4.78, 5) is 14.0. The number of H-pyrrole nitrogens is 1. The lowest BCUT2D eigenvalue weighted by atomic mass is 9.87. The average Bonchev–Trinajstić information content (AvgIpc) is 2.91. The SMILES string of the molecule is CN(C)Cc1cc(NC(=O)COc2ccc(C(C)(C)C)cc2)n[nH]1. The topological polar surface area (TPSA) is 70.2 Å². The van der Waals surface area contributed by atoms with Gasteiger partial charge in [-0.1, -0.05) is 32.9 Å². The lowest BCUT2D eigenvalue weighted by Gasteiger charge is -2.19. The van der Waals surface area contributed by atoms with Gasteiger partial charge >= 0.3 is 0 Å². The van der Waals surface area contributed by atoms with Gasteiger partial charge in [0.1, 0.15) is 5.75 Å². The van der Waals surface area contributed by atoms with Crippen LogP contribution in [0, 0.1) is 0 Å². The number of nitrogens with one attached hydrogen (secondary N) is 2. The summed E-state index contributed by atoms with van der Waals surface area (Å²) >= 11 is 0. The predicted molar refractivity (Wildman–Crippen MR) is 95.2 cm³/mol. The quantitative estimate of drug-likeness (QED) is 0.854. The molecule has 1 aromatic heterocycles. The molecule has 0 bridgehead atoms. The molecule has 1 amide bonds. The van der Waals surface area contributed by atoms with Crippen molar-refractivity contribution < 1.29 is 9.53 Å². The second-order valence-electron chi connectivity index (χ2n) is 7.13. The molecule has 24 heavy (non-hydrogen) atoms. The Balaban J connectivity index is 1.83. The Labute approximate surface area is 143 Å². The van der Waals surface area contributed by atoms with Crippen LogP contribution in [-0.4, -0.2) is 41.7 Å². The largest absolute Gasteiger partial charge is 0.484 e. The number of rotatable bonds is 6. The molecule has 2 rings (SSSR count). The van der Waals surface area contributed by atoms with Gasteiger partial charge in [-0.25, -0.2) is 0 Å². The number of carbonyl (C=O) groups is 1. The van der Waals surface area contributed by atoms with Crippen molar-refractivity contribution in [2.75, 3.05) is 26.0 Å². The fraction of sp³-hybridized carbons (Fsp3) is 0.444. The summed E-state index contributed by atoms with van der Waals surface area (Å²) in [6.45, 7) is 7.16. The van der Waals surface area contributed by atoms with E-state index in [0.717, 1.165) is 12.2 Å². The summed E-state index contributed by atoms with van der Waals surface area (Å²) < 4.78 is 5.52. The Morgan fingerprint density at radius 1 is 1.25 bits per heavy atom. The maximum atomic E-state index is 11.9. The van der Waals surface area contributed by atoms with E-state index in [0.29, 0.717) is 11.6 Å². The molecular formula is C18H26N4O2. The zero-order chi connectivity index (χ0) is 17.7. The van der Waals surface area contributed by atoms with Crippen LogP contribution in [0.4, 0.5) is 5.82 Å². The molecule has 0 spiro atoms. The third kappa shape index (κ3) is 5.38. The smallest absolute Gasteiger partial charge is 0.263 e. The summed E-state index contributed by atoms with van der Waals surface area (Å²) in [7, 11) is 3.94.